The Kier molecular flexibility index (Phi) is 3.41. The van der Waals surface area contributed by atoms with Crippen LogP contribution in [0.4, 0.5) is 0 Å². The maximum absolute atomic E-state index is 5.81. The highest BCUT2D eigenvalue weighted by molar-refractivity contribution is 7.12. The maximum Gasteiger partial charge on any atom is 0.0961 e. The van der Waals surface area contributed by atoms with Crippen LogP contribution in [0, 0.1) is 0 Å². The summed E-state index contributed by atoms with van der Waals surface area (Å²) in [5.74, 6) is 0.722. The number of aromatic nitrogens is 1. The minimum Gasteiger partial charge on any atom is -0.402 e. The van der Waals surface area contributed by atoms with Crippen molar-refractivity contribution in [2.75, 3.05) is 0 Å². The van der Waals surface area contributed by atoms with Gasteiger partial charge in [0.2, 0.25) is 0 Å². The minimum absolute atomic E-state index is 0.722. The van der Waals surface area contributed by atoms with E-state index in [1.807, 2.05) is 6.20 Å². The highest BCUT2D eigenvalue weighted by Crippen LogP contribution is 2.36. The zero-order valence-electron chi connectivity index (χ0n) is 9.20. The Balaban J connectivity index is 2.09. The van der Waals surface area contributed by atoms with E-state index in [2.05, 4.69) is 18.0 Å². The van der Waals surface area contributed by atoms with Gasteiger partial charge in [-0.15, -0.1) is 11.3 Å². The monoisotopic (exact) mass is 222 g/mol. The second-order valence-corrected chi connectivity index (χ2v) is 5.25. The molecule has 0 aromatic carbocycles. The molecule has 0 saturated heterocycles. The fraction of sp³-hybridized carbons (Fsp3) is 0.583. The Morgan fingerprint density at radius 1 is 1.60 bits per heavy atom. The van der Waals surface area contributed by atoms with Gasteiger partial charge in [0.25, 0.3) is 0 Å². The van der Waals surface area contributed by atoms with Gasteiger partial charge in [-0.05, 0) is 25.3 Å². The van der Waals surface area contributed by atoms with Crippen LogP contribution in [0.15, 0.2) is 11.9 Å². The highest BCUT2D eigenvalue weighted by atomic mass is 32.1. The molecule has 15 heavy (non-hydrogen) atoms. The third kappa shape index (κ3) is 2.59. The van der Waals surface area contributed by atoms with E-state index in [1.165, 1.54) is 35.6 Å². The Hall–Kier alpha value is -0.830. The van der Waals surface area contributed by atoms with Crippen molar-refractivity contribution in [2.45, 2.75) is 44.9 Å². The lowest BCUT2D eigenvalue weighted by Crippen LogP contribution is -1.92. The lowest BCUT2D eigenvalue weighted by molar-refractivity contribution is 0.716. The van der Waals surface area contributed by atoms with Gasteiger partial charge in [0.1, 0.15) is 0 Å². The van der Waals surface area contributed by atoms with E-state index in [9.17, 15) is 0 Å². The van der Waals surface area contributed by atoms with Gasteiger partial charge >= 0.3 is 0 Å². The van der Waals surface area contributed by atoms with Crippen LogP contribution in [0.2, 0.25) is 0 Å². The van der Waals surface area contributed by atoms with Crippen molar-refractivity contribution < 1.29 is 0 Å². The normalized spacial score (nSPS) is 18.6. The molecular weight excluding hydrogens is 204 g/mol. The third-order valence-electron chi connectivity index (χ3n) is 2.98. The Morgan fingerprint density at radius 2 is 2.33 bits per heavy atom. The summed E-state index contributed by atoms with van der Waals surface area (Å²) in [5.41, 5.74) is 6.75. The van der Waals surface area contributed by atoms with Crippen LogP contribution in [0.3, 0.4) is 0 Å². The molecule has 2 rings (SSSR count). The molecule has 2 nitrogen and oxygen atoms in total. The molecule has 2 N–H and O–H groups in total. The van der Waals surface area contributed by atoms with Crippen LogP contribution in [-0.4, -0.2) is 4.98 Å². The van der Waals surface area contributed by atoms with Crippen LogP contribution in [0.5, 0.6) is 0 Å². The van der Waals surface area contributed by atoms with Crippen LogP contribution < -0.4 is 5.73 Å². The smallest absolute Gasteiger partial charge is 0.0961 e. The highest BCUT2D eigenvalue weighted by Gasteiger charge is 2.19. The van der Waals surface area contributed by atoms with Crippen molar-refractivity contribution in [1.82, 2.24) is 4.98 Å². The van der Waals surface area contributed by atoms with E-state index in [-0.39, 0.29) is 0 Å². The molecule has 0 spiro atoms. The molecule has 1 fully saturated rings. The van der Waals surface area contributed by atoms with Gasteiger partial charge in [-0.25, -0.2) is 4.98 Å². The summed E-state index contributed by atoms with van der Waals surface area (Å²) in [6.07, 6.45) is 10.3. The number of rotatable bonds is 3. The summed E-state index contributed by atoms with van der Waals surface area (Å²) in [4.78, 5) is 5.71. The standard InChI is InChI=1S/C12H18N2S/c1-2-10(13)7-11-8-14-12(15-11)9-5-3-4-6-9/h7-9H,2-6,13H2,1H3/b10-7-. The van der Waals surface area contributed by atoms with Gasteiger partial charge in [-0.1, -0.05) is 19.8 Å². The van der Waals surface area contributed by atoms with Crippen molar-refractivity contribution in [3.05, 3.63) is 21.8 Å². The number of nitrogens with two attached hydrogens (primary N) is 1. The molecule has 0 bridgehead atoms. The lowest BCUT2D eigenvalue weighted by Gasteiger charge is -2.01. The predicted octanol–water partition coefficient (Wildman–Crippen LogP) is 3.51. The van der Waals surface area contributed by atoms with Crippen LogP contribution in [0.25, 0.3) is 6.08 Å². The van der Waals surface area contributed by atoms with Crippen molar-refractivity contribution in [2.24, 2.45) is 5.73 Å². The molecule has 82 valence electrons. The Labute approximate surface area is 95.2 Å². The van der Waals surface area contributed by atoms with Gasteiger partial charge in [-0.2, -0.15) is 0 Å². The molecule has 1 heterocycles. The molecule has 1 aromatic rings. The average Bonchev–Trinajstić information content (AvgIpc) is 2.85. The second kappa shape index (κ2) is 4.79. The Morgan fingerprint density at radius 3 is 3.00 bits per heavy atom. The number of hydrogen-bond donors (Lipinski definition) is 1. The number of nitrogens with zero attached hydrogens (tertiary/aromatic N) is 1. The van der Waals surface area contributed by atoms with E-state index >= 15 is 0 Å². The fourth-order valence-electron chi connectivity index (χ4n) is 2.01. The lowest BCUT2D eigenvalue weighted by atomic mass is 10.1. The van der Waals surface area contributed by atoms with Crippen molar-refractivity contribution >= 4 is 17.4 Å². The first kappa shape index (κ1) is 10.7. The third-order valence-corrected chi connectivity index (χ3v) is 4.09. The molecule has 0 unspecified atom stereocenters. The van der Waals surface area contributed by atoms with Gasteiger partial charge < -0.3 is 5.73 Å². The summed E-state index contributed by atoms with van der Waals surface area (Å²) >= 11 is 1.81. The predicted molar refractivity (Wildman–Crippen MR) is 65.8 cm³/mol. The first-order chi connectivity index (χ1) is 7.29. The SMILES string of the molecule is CC/C(N)=C/c1cnc(C2CCCC2)s1. The maximum atomic E-state index is 5.81. The average molecular weight is 222 g/mol. The molecule has 3 heteroatoms. The first-order valence-electron chi connectivity index (χ1n) is 5.71. The Bertz CT molecular complexity index is 348. The van der Waals surface area contributed by atoms with Gasteiger partial charge in [-0.3, -0.25) is 0 Å². The molecule has 1 aromatic heterocycles. The van der Waals surface area contributed by atoms with E-state index < -0.39 is 0 Å². The van der Waals surface area contributed by atoms with Crippen LogP contribution in [-0.2, 0) is 0 Å². The molecule has 0 amide bonds. The zero-order valence-corrected chi connectivity index (χ0v) is 10.0. The van der Waals surface area contributed by atoms with Crippen LogP contribution >= 0.6 is 11.3 Å². The van der Waals surface area contributed by atoms with E-state index in [0.29, 0.717) is 0 Å². The topological polar surface area (TPSA) is 38.9 Å². The summed E-state index contributed by atoms with van der Waals surface area (Å²) in [7, 11) is 0. The summed E-state index contributed by atoms with van der Waals surface area (Å²) in [5, 5.41) is 1.31. The number of thiazole rings is 1. The molecule has 0 radical (unpaired) electrons. The molecule has 1 aliphatic carbocycles. The first-order valence-corrected chi connectivity index (χ1v) is 6.53. The molecular formula is C12H18N2S. The van der Waals surface area contributed by atoms with E-state index in [1.54, 1.807) is 11.3 Å². The van der Waals surface area contributed by atoms with Crippen molar-refractivity contribution in [1.29, 1.82) is 0 Å². The second-order valence-electron chi connectivity index (χ2n) is 4.16. The largest absolute Gasteiger partial charge is 0.402 e. The summed E-state index contributed by atoms with van der Waals surface area (Å²) in [6, 6.07) is 0. The van der Waals surface area contributed by atoms with Crippen molar-refractivity contribution in [3.63, 3.8) is 0 Å². The quantitative estimate of drug-likeness (QED) is 0.850. The van der Waals surface area contributed by atoms with Crippen LogP contribution in [0.1, 0.15) is 54.8 Å². The molecule has 0 aliphatic heterocycles. The van der Waals surface area contributed by atoms with E-state index in [4.69, 9.17) is 5.73 Å². The van der Waals surface area contributed by atoms with Gasteiger partial charge in [0.15, 0.2) is 0 Å². The summed E-state index contributed by atoms with van der Waals surface area (Å²) < 4.78 is 0. The van der Waals surface area contributed by atoms with Crippen molar-refractivity contribution in [3.8, 4) is 0 Å². The molecule has 0 atom stereocenters. The zero-order chi connectivity index (χ0) is 10.7. The van der Waals surface area contributed by atoms with E-state index in [0.717, 1.165) is 18.0 Å². The van der Waals surface area contributed by atoms with Gasteiger partial charge in [0, 0.05) is 22.7 Å². The molecule has 1 aliphatic rings. The number of hydrogen-bond acceptors (Lipinski definition) is 3. The number of allylic oxidation sites excluding steroid dienone is 1. The summed E-state index contributed by atoms with van der Waals surface area (Å²) in [6.45, 7) is 2.07. The fourth-order valence-corrected chi connectivity index (χ4v) is 3.08. The minimum atomic E-state index is 0.722. The van der Waals surface area contributed by atoms with Gasteiger partial charge in [0.05, 0.1) is 5.01 Å². The molecule has 1 saturated carbocycles.